The van der Waals surface area contributed by atoms with E-state index in [4.69, 9.17) is 4.74 Å². The molecule has 0 radical (unpaired) electrons. The number of unbranched alkanes of at least 4 members (excludes halogenated alkanes) is 2. The highest BCUT2D eigenvalue weighted by Gasteiger charge is 1.98. The van der Waals surface area contributed by atoms with E-state index in [0.717, 1.165) is 19.3 Å². The van der Waals surface area contributed by atoms with E-state index in [2.05, 4.69) is 16.6 Å². The van der Waals surface area contributed by atoms with E-state index in [1.54, 1.807) is 18.2 Å². The zero-order valence-corrected chi connectivity index (χ0v) is 8.81. The van der Waals surface area contributed by atoms with Gasteiger partial charge in [0.1, 0.15) is 0 Å². The Morgan fingerprint density at radius 1 is 1.33 bits per heavy atom. The minimum absolute atomic E-state index is 0.262. The molecule has 82 valence electrons. The van der Waals surface area contributed by atoms with E-state index in [9.17, 15) is 4.79 Å². The van der Waals surface area contributed by atoms with Crippen LogP contribution >= 0.6 is 0 Å². The van der Waals surface area contributed by atoms with Gasteiger partial charge in [-0.15, -0.1) is 0 Å². The first kappa shape index (κ1) is 11.5. The Balaban J connectivity index is 2.39. The Morgan fingerprint density at radius 3 is 2.87 bits per heavy atom. The molecule has 0 aromatic carbocycles. The molecule has 0 atom stereocenters. The third-order valence-corrected chi connectivity index (χ3v) is 1.86. The van der Waals surface area contributed by atoms with Crippen LogP contribution in [0.2, 0.25) is 0 Å². The third-order valence-electron chi connectivity index (χ3n) is 1.86. The molecule has 1 aromatic rings. The highest BCUT2D eigenvalue weighted by molar-refractivity contribution is 5.43. The number of carbonyl (C=O) groups is 1. The van der Waals surface area contributed by atoms with Crippen LogP contribution in [0, 0.1) is 0 Å². The van der Waals surface area contributed by atoms with Gasteiger partial charge in [0, 0.05) is 12.1 Å². The van der Waals surface area contributed by atoms with Crippen LogP contribution in [0.5, 0.6) is 11.8 Å². The normalized spacial score (nSPS) is 9.67. The molecule has 4 heteroatoms. The molecule has 0 aliphatic heterocycles. The first-order chi connectivity index (χ1) is 7.36. The quantitative estimate of drug-likeness (QED) is 0.510. The predicted molar refractivity (Wildman–Crippen MR) is 55.9 cm³/mol. The molecule has 0 aliphatic rings. The Labute approximate surface area is 89.2 Å². The lowest BCUT2D eigenvalue weighted by molar-refractivity contribution is -0.120. The molecular formula is C11H15NO3. The van der Waals surface area contributed by atoms with Crippen molar-refractivity contribution in [3.63, 3.8) is 0 Å². The summed E-state index contributed by atoms with van der Waals surface area (Å²) in [5.41, 5.74) is 0. The minimum Gasteiger partial charge on any atom is -0.478 e. The molecule has 0 fully saturated rings. The number of hydrogen-bond donors (Lipinski definition) is 0. The maximum Gasteiger partial charge on any atom is 0.299 e. The van der Waals surface area contributed by atoms with Crippen molar-refractivity contribution in [3.05, 3.63) is 18.2 Å². The Morgan fingerprint density at radius 2 is 2.13 bits per heavy atom. The zero-order chi connectivity index (χ0) is 10.9. The SMILES string of the molecule is CCCCCOc1cccc(OC=O)n1. The summed E-state index contributed by atoms with van der Waals surface area (Å²) in [6.45, 7) is 3.13. The lowest BCUT2D eigenvalue weighted by atomic mass is 10.3. The van der Waals surface area contributed by atoms with Crippen molar-refractivity contribution in [1.29, 1.82) is 0 Å². The zero-order valence-electron chi connectivity index (χ0n) is 8.81. The van der Waals surface area contributed by atoms with Gasteiger partial charge in [-0.2, -0.15) is 4.98 Å². The van der Waals surface area contributed by atoms with Crippen LogP contribution < -0.4 is 9.47 Å². The van der Waals surface area contributed by atoms with Gasteiger partial charge in [-0.05, 0) is 6.42 Å². The summed E-state index contributed by atoms with van der Waals surface area (Å²) >= 11 is 0. The van der Waals surface area contributed by atoms with Gasteiger partial charge in [-0.3, -0.25) is 4.79 Å². The molecule has 1 aromatic heterocycles. The van der Waals surface area contributed by atoms with Crippen molar-refractivity contribution in [2.75, 3.05) is 6.61 Å². The molecule has 0 spiro atoms. The van der Waals surface area contributed by atoms with Gasteiger partial charge in [-0.1, -0.05) is 25.8 Å². The summed E-state index contributed by atoms with van der Waals surface area (Å²) < 4.78 is 9.99. The molecule has 4 nitrogen and oxygen atoms in total. The largest absolute Gasteiger partial charge is 0.478 e. The Kier molecular flexibility index (Phi) is 5.22. The van der Waals surface area contributed by atoms with Gasteiger partial charge >= 0.3 is 0 Å². The first-order valence-corrected chi connectivity index (χ1v) is 5.07. The van der Waals surface area contributed by atoms with E-state index >= 15 is 0 Å². The molecule has 15 heavy (non-hydrogen) atoms. The number of carbonyl (C=O) groups excluding carboxylic acids is 1. The molecule has 0 amide bonds. The van der Waals surface area contributed by atoms with Crippen molar-refractivity contribution in [3.8, 4) is 11.8 Å². The Bertz CT molecular complexity index is 302. The van der Waals surface area contributed by atoms with Gasteiger partial charge in [-0.25, -0.2) is 0 Å². The van der Waals surface area contributed by atoms with E-state index in [1.807, 2.05) is 0 Å². The summed E-state index contributed by atoms with van der Waals surface area (Å²) in [5, 5.41) is 0. The lowest BCUT2D eigenvalue weighted by Crippen LogP contribution is -2.00. The number of nitrogens with zero attached hydrogens (tertiary/aromatic N) is 1. The number of aromatic nitrogens is 1. The van der Waals surface area contributed by atoms with Gasteiger partial charge in [0.05, 0.1) is 6.61 Å². The maximum absolute atomic E-state index is 10.1. The summed E-state index contributed by atoms with van der Waals surface area (Å²) in [7, 11) is 0. The molecule has 1 heterocycles. The van der Waals surface area contributed by atoms with Gasteiger partial charge in [0.15, 0.2) is 0 Å². The summed E-state index contributed by atoms with van der Waals surface area (Å²) in [4.78, 5) is 14.1. The van der Waals surface area contributed by atoms with Crippen LogP contribution in [-0.2, 0) is 4.79 Å². The molecule has 0 unspecified atom stereocenters. The first-order valence-electron chi connectivity index (χ1n) is 5.07. The van der Waals surface area contributed by atoms with Gasteiger partial charge in [0.25, 0.3) is 6.47 Å². The summed E-state index contributed by atoms with van der Waals surface area (Å²) in [6.07, 6.45) is 3.31. The van der Waals surface area contributed by atoms with Crippen molar-refractivity contribution in [2.24, 2.45) is 0 Å². The number of hydrogen-bond acceptors (Lipinski definition) is 4. The van der Waals surface area contributed by atoms with E-state index < -0.39 is 0 Å². The van der Waals surface area contributed by atoms with Crippen LogP contribution in [-0.4, -0.2) is 18.1 Å². The molecule has 0 aliphatic carbocycles. The smallest absolute Gasteiger partial charge is 0.299 e. The standard InChI is InChI=1S/C11H15NO3/c1-2-3-4-8-14-10-6-5-7-11(12-10)15-9-13/h5-7,9H,2-4,8H2,1H3. The van der Waals surface area contributed by atoms with Crippen molar-refractivity contribution in [1.82, 2.24) is 4.98 Å². The topological polar surface area (TPSA) is 48.4 Å². The van der Waals surface area contributed by atoms with E-state index in [-0.39, 0.29) is 5.88 Å². The van der Waals surface area contributed by atoms with Crippen LogP contribution in [0.4, 0.5) is 0 Å². The van der Waals surface area contributed by atoms with Gasteiger partial charge in [0.2, 0.25) is 11.8 Å². The third kappa shape index (κ3) is 4.44. The molecule has 0 N–H and O–H groups in total. The highest BCUT2D eigenvalue weighted by atomic mass is 16.5. The Hall–Kier alpha value is -1.58. The molecule has 0 bridgehead atoms. The second-order valence-electron chi connectivity index (χ2n) is 3.08. The molecule has 0 saturated heterocycles. The molecule has 1 rings (SSSR count). The average Bonchev–Trinajstić information content (AvgIpc) is 2.26. The monoisotopic (exact) mass is 209 g/mol. The second-order valence-corrected chi connectivity index (χ2v) is 3.08. The van der Waals surface area contributed by atoms with Crippen LogP contribution in [0.3, 0.4) is 0 Å². The fourth-order valence-electron chi connectivity index (χ4n) is 1.12. The summed E-state index contributed by atoms with van der Waals surface area (Å²) in [6, 6.07) is 5.08. The fraction of sp³-hybridized carbons (Fsp3) is 0.455. The van der Waals surface area contributed by atoms with Crippen molar-refractivity contribution < 1.29 is 14.3 Å². The lowest BCUT2D eigenvalue weighted by Gasteiger charge is -2.05. The number of pyridine rings is 1. The van der Waals surface area contributed by atoms with Crippen LogP contribution in [0.1, 0.15) is 26.2 Å². The second kappa shape index (κ2) is 6.81. The predicted octanol–water partition coefficient (Wildman–Crippen LogP) is 2.19. The fourth-order valence-corrected chi connectivity index (χ4v) is 1.12. The van der Waals surface area contributed by atoms with Crippen LogP contribution in [0.15, 0.2) is 18.2 Å². The van der Waals surface area contributed by atoms with Crippen molar-refractivity contribution in [2.45, 2.75) is 26.2 Å². The number of ether oxygens (including phenoxy) is 2. The van der Waals surface area contributed by atoms with Crippen LogP contribution in [0.25, 0.3) is 0 Å². The van der Waals surface area contributed by atoms with Gasteiger partial charge < -0.3 is 9.47 Å². The molecule has 0 saturated carbocycles. The maximum atomic E-state index is 10.1. The summed E-state index contributed by atoms with van der Waals surface area (Å²) in [5.74, 6) is 0.753. The highest BCUT2D eigenvalue weighted by Crippen LogP contribution is 2.13. The van der Waals surface area contributed by atoms with E-state index in [1.165, 1.54) is 0 Å². The van der Waals surface area contributed by atoms with E-state index in [0.29, 0.717) is 19.0 Å². The van der Waals surface area contributed by atoms with Crippen molar-refractivity contribution >= 4 is 6.47 Å². The molecular weight excluding hydrogens is 194 g/mol. The minimum atomic E-state index is 0.262. The number of rotatable bonds is 7. The average molecular weight is 209 g/mol.